The Balaban J connectivity index is 2.25. The largest absolute Gasteiger partial charge is 0.492 e. The highest BCUT2D eigenvalue weighted by Gasteiger charge is 2.19. The molecular formula is C15H18N6O4. The third kappa shape index (κ3) is 3.87. The van der Waals surface area contributed by atoms with Crippen LogP contribution in [0.5, 0.6) is 11.9 Å². The van der Waals surface area contributed by atoms with Crippen LogP contribution in [0.15, 0.2) is 34.8 Å². The van der Waals surface area contributed by atoms with Crippen molar-refractivity contribution in [3.8, 4) is 11.9 Å². The smallest absolute Gasteiger partial charge is 0.299 e. The predicted octanol–water partition coefficient (Wildman–Crippen LogP) is -0.153. The molecular weight excluding hydrogens is 328 g/mol. The lowest BCUT2D eigenvalue weighted by molar-refractivity contribution is 0.102. The second-order valence-corrected chi connectivity index (χ2v) is 5.01. The van der Waals surface area contributed by atoms with Crippen LogP contribution >= 0.6 is 0 Å². The normalized spacial score (nSPS) is 11.5. The van der Waals surface area contributed by atoms with Crippen LogP contribution in [0.3, 0.4) is 0 Å². The molecule has 1 heterocycles. The third-order valence-electron chi connectivity index (χ3n) is 3.27. The summed E-state index contributed by atoms with van der Waals surface area (Å²) in [4.78, 5) is 29.9. The molecule has 0 spiro atoms. The van der Waals surface area contributed by atoms with Crippen LogP contribution in [0.1, 0.15) is 22.8 Å². The number of nitrogens with zero attached hydrogens (tertiary/aromatic N) is 1. The minimum absolute atomic E-state index is 0.200. The second kappa shape index (κ2) is 7.36. The van der Waals surface area contributed by atoms with E-state index in [0.29, 0.717) is 22.6 Å². The van der Waals surface area contributed by atoms with Crippen molar-refractivity contribution in [2.45, 2.75) is 6.92 Å². The van der Waals surface area contributed by atoms with E-state index >= 15 is 0 Å². The van der Waals surface area contributed by atoms with Crippen LogP contribution in [-0.4, -0.2) is 28.1 Å². The van der Waals surface area contributed by atoms with Crippen LogP contribution in [0.4, 0.5) is 5.69 Å². The molecule has 8 N–H and O–H groups in total. The molecule has 0 radical (unpaired) electrons. The van der Waals surface area contributed by atoms with Crippen molar-refractivity contribution in [2.24, 2.45) is 11.6 Å². The zero-order valence-electron chi connectivity index (χ0n) is 13.6. The molecule has 10 nitrogen and oxygen atoms in total. The summed E-state index contributed by atoms with van der Waals surface area (Å²) in [5, 5.41) is 12.2. The standard InChI is InChI=1S/C15H18N6O4/c1-7(16)11(21-17)8-3-5-9(6-4-8)18-12(22)10-13(23)19-15(25-2)20-14(10)24/h3-6,21H,16-17H2,1-2H3,(H,18,22)(H2,19,20,23,24)/b11-7-. The minimum Gasteiger partial charge on any atom is -0.492 e. The van der Waals surface area contributed by atoms with Gasteiger partial charge in [0.05, 0.1) is 12.8 Å². The summed E-state index contributed by atoms with van der Waals surface area (Å²) in [5.41, 5.74) is 9.03. The first kappa shape index (κ1) is 17.8. The van der Waals surface area contributed by atoms with E-state index in [1.54, 1.807) is 31.2 Å². The molecule has 1 aromatic heterocycles. The number of aromatic nitrogens is 2. The second-order valence-electron chi connectivity index (χ2n) is 5.01. The fourth-order valence-corrected chi connectivity index (χ4v) is 2.08. The molecule has 1 aromatic carbocycles. The molecule has 0 fully saturated rings. The number of amides is 1. The van der Waals surface area contributed by atoms with Crippen molar-refractivity contribution >= 4 is 17.3 Å². The average molecular weight is 346 g/mol. The van der Waals surface area contributed by atoms with Crippen molar-refractivity contribution in [2.75, 3.05) is 12.4 Å². The predicted molar refractivity (Wildman–Crippen MR) is 91.6 cm³/mol. The average Bonchev–Trinajstić information content (AvgIpc) is 2.56. The Morgan fingerprint density at radius 3 is 2.44 bits per heavy atom. The van der Waals surface area contributed by atoms with E-state index in [9.17, 15) is 14.7 Å². The van der Waals surface area contributed by atoms with Gasteiger partial charge in [0.25, 0.3) is 17.5 Å². The van der Waals surface area contributed by atoms with E-state index in [1.807, 2.05) is 0 Å². The minimum atomic E-state index is -0.824. The Kier molecular flexibility index (Phi) is 5.25. The third-order valence-corrected chi connectivity index (χ3v) is 3.27. The first-order chi connectivity index (χ1) is 11.9. The summed E-state index contributed by atoms with van der Waals surface area (Å²) in [6, 6.07) is 6.34. The lowest BCUT2D eigenvalue weighted by Crippen LogP contribution is -2.24. The van der Waals surface area contributed by atoms with E-state index in [2.05, 4.69) is 20.7 Å². The summed E-state index contributed by atoms with van der Waals surface area (Å²) >= 11 is 0. The van der Waals surface area contributed by atoms with Gasteiger partial charge in [0.1, 0.15) is 0 Å². The number of hydrogen-bond donors (Lipinski definition) is 6. The lowest BCUT2D eigenvalue weighted by atomic mass is 10.1. The molecule has 1 amide bonds. The van der Waals surface area contributed by atoms with Crippen LogP contribution in [0, 0.1) is 0 Å². The van der Waals surface area contributed by atoms with Crippen LogP contribution in [-0.2, 0) is 0 Å². The molecule has 0 bridgehead atoms. The number of H-pyrrole nitrogens is 1. The van der Waals surface area contributed by atoms with Gasteiger partial charge >= 0.3 is 0 Å². The maximum absolute atomic E-state index is 12.2. The molecule has 0 aliphatic carbocycles. The van der Waals surface area contributed by atoms with Crippen molar-refractivity contribution in [3.05, 3.63) is 51.4 Å². The lowest BCUT2D eigenvalue weighted by Gasteiger charge is -2.11. The Hall–Kier alpha value is -3.53. The van der Waals surface area contributed by atoms with Crippen LogP contribution in [0.25, 0.3) is 5.70 Å². The van der Waals surface area contributed by atoms with Gasteiger partial charge < -0.3 is 26.3 Å². The number of aromatic hydroxyl groups is 1. The Labute approximate surface area is 142 Å². The van der Waals surface area contributed by atoms with Gasteiger partial charge in [-0.25, -0.2) is 0 Å². The van der Waals surface area contributed by atoms with Gasteiger partial charge in [0.15, 0.2) is 5.56 Å². The van der Waals surface area contributed by atoms with E-state index < -0.39 is 22.9 Å². The fourth-order valence-electron chi connectivity index (χ4n) is 2.08. The number of methoxy groups -OCH3 is 1. The monoisotopic (exact) mass is 346 g/mol. The van der Waals surface area contributed by atoms with Gasteiger partial charge in [-0.3, -0.25) is 20.4 Å². The highest BCUT2D eigenvalue weighted by Crippen LogP contribution is 2.18. The maximum Gasteiger partial charge on any atom is 0.299 e. The number of nitrogens with two attached hydrogens (primary N) is 2. The van der Waals surface area contributed by atoms with E-state index in [1.165, 1.54) is 7.11 Å². The number of aromatic amines is 1. The molecule has 2 aromatic rings. The van der Waals surface area contributed by atoms with E-state index in [4.69, 9.17) is 16.3 Å². The Morgan fingerprint density at radius 2 is 1.96 bits per heavy atom. The summed E-state index contributed by atoms with van der Waals surface area (Å²) in [6.07, 6.45) is 0. The summed E-state index contributed by atoms with van der Waals surface area (Å²) in [7, 11) is 1.26. The molecule has 0 saturated carbocycles. The number of rotatable bonds is 5. The topological polar surface area (TPSA) is 168 Å². The molecule has 0 atom stereocenters. The highest BCUT2D eigenvalue weighted by atomic mass is 16.5. The van der Waals surface area contributed by atoms with Crippen molar-refractivity contribution in [1.82, 2.24) is 15.4 Å². The van der Waals surface area contributed by atoms with Gasteiger partial charge in [-0.1, -0.05) is 12.1 Å². The van der Waals surface area contributed by atoms with Gasteiger partial charge in [-0.15, -0.1) is 0 Å². The van der Waals surface area contributed by atoms with Crippen LogP contribution in [0.2, 0.25) is 0 Å². The molecule has 132 valence electrons. The number of benzene rings is 1. The molecule has 0 aliphatic heterocycles. The molecule has 10 heteroatoms. The number of allylic oxidation sites excluding steroid dienone is 1. The van der Waals surface area contributed by atoms with Crippen molar-refractivity contribution < 1.29 is 14.6 Å². The number of nitrogens with one attached hydrogen (secondary N) is 3. The Morgan fingerprint density at radius 1 is 1.32 bits per heavy atom. The van der Waals surface area contributed by atoms with Gasteiger partial charge in [0, 0.05) is 16.9 Å². The first-order valence-electron chi connectivity index (χ1n) is 7.09. The number of carbonyl (C=O) groups excluding carboxylic acids is 1. The molecule has 25 heavy (non-hydrogen) atoms. The summed E-state index contributed by atoms with van der Waals surface area (Å²) < 4.78 is 4.71. The maximum atomic E-state index is 12.2. The van der Waals surface area contributed by atoms with Crippen LogP contribution < -0.4 is 32.6 Å². The van der Waals surface area contributed by atoms with Gasteiger partial charge in [-0.05, 0) is 19.1 Å². The zero-order chi connectivity index (χ0) is 18.6. The number of ether oxygens (including phenoxy) is 1. The fraction of sp³-hybridized carbons (Fsp3) is 0.133. The number of carbonyl (C=O) groups is 1. The number of hydrazine groups is 1. The quantitative estimate of drug-likeness (QED) is 0.321. The summed E-state index contributed by atoms with van der Waals surface area (Å²) in [5.74, 6) is 3.87. The molecule has 2 rings (SSSR count). The highest BCUT2D eigenvalue weighted by molar-refractivity contribution is 6.05. The zero-order valence-corrected chi connectivity index (χ0v) is 13.6. The van der Waals surface area contributed by atoms with E-state index in [0.717, 1.165) is 0 Å². The van der Waals surface area contributed by atoms with E-state index in [-0.39, 0.29) is 6.01 Å². The van der Waals surface area contributed by atoms with Crippen molar-refractivity contribution in [1.29, 1.82) is 0 Å². The Bertz CT molecular complexity index is 869. The van der Waals surface area contributed by atoms with Gasteiger partial charge in [-0.2, -0.15) is 4.98 Å². The molecule has 0 unspecified atom stereocenters. The first-order valence-corrected chi connectivity index (χ1v) is 7.09. The SMILES string of the molecule is COc1nc(O)c(C(=O)Nc2ccc(/C(NN)=C(\C)N)cc2)c(=O)[nH]1. The molecule has 0 aliphatic rings. The molecule has 0 saturated heterocycles. The van der Waals surface area contributed by atoms with Gasteiger partial charge in [0.2, 0.25) is 5.88 Å². The number of anilines is 1. The van der Waals surface area contributed by atoms with Crippen molar-refractivity contribution in [3.63, 3.8) is 0 Å². The number of hydrogen-bond acceptors (Lipinski definition) is 8. The summed E-state index contributed by atoms with van der Waals surface area (Å²) in [6.45, 7) is 1.69.